The van der Waals surface area contributed by atoms with Crippen LogP contribution in [0.4, 0.5) is 23.2 Å². The normalized spacial score (nSPS) is 11.2. The molecule has 5 nitrogen and oxygen atoms in total. The van der Waals surface area contributed by atoms with Gasteiger partial charge in [0, 0.05) is 5.69 Å². The lowest BCUT2D eigenvalue weighted by molar-refractivity contribution is -0.137. The largest absolute Gasteiger partial charge is 0.418 e. The maximum absolute atomic E-state index is 13.0. The van der Waals surface area contributed by atoms with Crippen molar-refractivity contribution in [1.29, 1.82) is 0 Å². The number of hydrazine groups is 1. The number of anilines is 1. The van der Waals surface area contributed by atoms with Gasteiger partial charge in [0.1, 0.15) is 11.5 Å². The average Bonchev–Trinajstić information content (AvgIpc) is 3.09. The van der Waals surface area contributed by atoms with E-state index in [1.54, 1.807) is 0 Å². The van der Waals surface area contributed by atoms with Gasteiger partial charge in [-0.2, -0.15) is 13.2 Å². The molecule has 9 heteroatoms. The number of benzene rings is 2. The van der Waals surface area contributed by atoms with Gasteiger partial charge >= 0.3 is 6.18 Å². The number of rotatable bonds is 4. The molecule has 0 aliphatic carbocycles. The molecular weight excluding hydrogens is 352 g/mol. The summed E-state index contributed by atoms with van der Waals surface area (Å²) in [6, 6.07) is 10.1. The summed E-state index contributed by atoms with van der Waals surface area (Å²) < 4.78 is 53.3. The predicted octanol–water partition coefficient (Wildman–Crippen LogP) is 3.79. The number of amides is 1. The summed E-state index contributed by atoms with van der Waals surface area (Å²) in [5.74, 6) is -1.14. The van der Waals surface area contributed by atoms with E-state index in [4.69, 9.17) is 0 Å². The average molecular weight is 364 g/mol. The van der Waals surface area contributed by atoms with Crippen molar-refractivity contribution in [3.05, 3.63) is 78.1 Å². The molecule has 1 aromatic heterocycles. The van der Waals surface area contributed by atoms with Gasteiger partial charge in [0.25, 0.3) is 5.91 Å². The number of halogens is 4. The molecule has 0 spiro atoms. The van der Waals surface area contributed by atoms with E-state index in [9.17, 15) is 22.4 Å². The lowest BCUT2D eigenvalue weighted by atomic mass is 10.2. The van der Waals surface area contributed by atoms with Gasteiger partial charge in [-0.1, -0.05) is 12.1 Å². The summed E-state index contributed by atoms with van der Waals surface area (Å²) in [6.45, 7) is 0. The Kier molecular flexibility index (Phi) is 4.61. The van der Waals surface area contributed by atoms with E-state index in [0.717, 1.165) is 6.07 Å². The van der Waals surface area contributed by atoms with Crippen molar-refractivity contribution < 1.29 is 22.4 Å². The van der Waals surface area contributed by atoms with Crippen molar-refractivity contribution >= 4 is 11.6 Å². The molecule has 0 bridgehead atoms. The standard InChI is InChI=1S/C17H12F4N4O/c18-11-5-7-12(8-6-11)25-10-22-9-15(25)16(26)24-23-14-4-2-1-3-13(14)17(19,20)21/h1-10,23H,(H,24,26). The van der Waals surface area contributed by atoms with E-state index in [-0.39, 0.29) is 11.4 Å². The Morgan fingerprint density at radius 3 is 2.42 bits per heavy atom. The smallest absolute Gasteiger partial charge is 0.298 e. The van der Waals surface area contributed by atoms with Gasteiger partial charge in [0.2, 0.25) is 0 Å². The molecule has 0 unspecified atom stereocenters. The molecule has 2 N–H and O–H groups in total. The lowest BCUT2D eigenvalue weighted by Crippen LogP contribution is -2.31. The third-order valence-corrected chi connectivity index (χ3v) is 3.52. The number of hydrogen-bond acceptors (Lipinski definition) is 3. The Hall–Kier alpha value is -3.36. The molecule has 2 aromatic carbocycles. The van der Waals surface area contributed by atoms with Crippen molar-refractivity contribution in [2.75, 3.05) is 5.43 Å². The Morgan fingerprint density at radius 2 is 1.73 bits per heavy atom. The van der Waals surface area contributed by atoms with E-state index in [1.807, 2.05) is 0 Å². The maximum atomic E-state index is 13.0. The fourth-order valence-corrected chi connectivity index (χ4v) is 2.30. The van der Waals surface area contributed by atoms with E-state index in [1.165, 1.54) is 59.6 Å². The maximum Gasteiger partial charge on any atom is 0.418 e. The summed E-state index contributed by atoms with van der Waals surface area (Å²) in [6.07, 6.45) is -1.98. The lowest BCUT2D eigenvalue weighted by Gasteiger charge is -2.15. The summed E-state index contributed by atoms with van der Waals surface area (Å²) in [7, 11) is 0. The number of carbonyl (C=O) groups is 1. The van der Waals surface area contributed by atoms with Crippen LogP contribution in [-0.2, 0) is 6.18 Å². The fraction of sp³-hybridized carbons (Fsp3) is 0.0588. The number of hydrogen-bond donors (Lipinski definition) is 2. The number of para-hydroxylation sites is 1. The van der Waals surface area contributed by atoms with E-state index in [0.29, 0.717) is 5.69 Å². The van der Waals surface area contributed by atoms with Crippen LogP contribution >= 0.6 is 0 Å². The highest BCUT2D eigenvalue weighted by atomic mass is 19.4. The molecular formula is C17H12F4N4O. The zero-order chi connectivity index (χ0) is 18.7. The van der Waals surface area contributed by atoms with Gasteiger partial charge in [0.15, 0.2) is 0 Å². The Labute approximate surface area is 145 Å². The molecule has 0 saturated heterocycles. The van der Waals surface area contributed by atoms with Crippen molar-refractivity contribution in [1.82, 2.24) is 15.0 Å². The van der Waals surface area contributed by atoms with Gasteiger partial charge in [-0.15, -0.1) is 0 Å². The van der Waals surface area contributed by atoms with Gasteiger partial charge < -0.3 is 0 Å². The van der Waals surface area contributed by atoms with Gasteiger partial charge in [-0.3, -0.25) is 20.2 Å². The zero-order valence-electron chi connectivity index (χ0n) is 13.1. The molecule has 0 aliphatic rings. The van der Waals surface area contributed by atoms with Crippen LogP contribution in [0.3, 0.4) is 0 Å². The number of nitrogens with one attached hydrogen (secondary N) is 2. The van der Waals surface area contributed by atoms with Crippen LogP contribution in [0.1, 0.15) is 16.1 Å². The van der Waals surface area contributed by atoms with Crippen molar-refractivity contribution in [3.63, 3.8) is 0 Å². The first kappa shape index (κ1) is 17.5. The van der Waals surface area contributed by atoms with Crippen LogP contribution in [0, 0.1) is 5.82 Å². The number of imidazole rings is 1. The van der Waals surface area contributed by atoms with Crippen LogP contribution < -0.4 is 10.9 Å². The minimum atomic E-state index is -4.57. The zero-order valence-corrected chi connectivity index (χ0v) is 13.1. The molecule has 134 valence electrons. The summed E-state index contributed by atoms with van der Waals surface area (Å²) >= 11 is 0. The van der Waals surface area contributed by atoms with Crippen LogP contribution in [0.5, 0.6) is 0 Å². The summed E-state index contributed by atoms with van der Waals surface area (Å²) in [5, 5.41) is 0. The molecule has 3 rings (SSSR count). The molecule has 1 amide bonds. The Bertz CT molecular complexity index is 919. The van der Waals surface area contributed by atoms with Gasteiger partial charge in [-0.05, 0) is 36.4 Å². The molecule has 0 aliphatic heterocycles. The number of nitrogens with zero attached hydrogens (tertiary/aromatic N) is 2. The van der Waals surface area contributed by atoms with Crippen LogP contribution in [-0.4, -0.2) is 15.5 Å². The third-order valence-electron chi connectivity index (χ3n) is 3.52. The summed E-state index contributed by atoms with van der Waals surface area (Å²) in [4.78, 5) is 16.2. The second-order valence-electron chi connectivity index (χ2n) is 5.25. The van der Waals surface area contributed by atoms with Crippen molar-refractivity contribution in [2.45, 2.75) is 6.18 Å². The van der Waals surface area contributed by atoms with Gasteiger partial charge in [0.05, 0.1) is 23.8 Å². The van der Waals surface area contributed by atoms with E-state index >= 15 is 0 Å². The molecule has 0 atom stereocenters. The topological polar surface area (TPSA) is 59.0 Å². The first-order valence-corrected chi connectivity index (χ1v) is 7.37. The molecule has 26 heavy (non-hydrogen) atoms. The fourth-order valence-electron chi connectivity index (χ4n) is 2.30. The first-order valence-electron chi connectivity index (χ1n) is 7.37. The number of carbonyl (C=O) groups excluding carboxylic acids is 1. The second kappa shape index (κ2) is 6.87. The quantitative estimate of drug-likeness (QED) is 0.547. The number of aromatic nitrogens is 2. The predicted molar refractivity (Wildman–Crippen MR) is 86.1 cm³/mol. The molecule has 0 radical (unpaired) electrons. The summed E-state index contributed by atoms with van der Waals surface area (Å²) in [5.41, 5.74) is 3.83. The minimum absolute atomic E-state index is 0.0635. The Balaban J connectivity index is 1.79. The molecule has 0 fully saturated rings. The first-order chi connectivity index (χ1) is 12.4. The molecule has 3 aromatic rings. The van der Waals surface area contributed by atoms with Crippen LogP contribution in [0.15, 0.2) is 61.1 Å². The van der Waals surface area contributed by atoms with E-state index < -0.39 is 23.5 Å². The van der Waals surface area contributed by atoms with Gasteiger partial charge in [-0.25, -0.2) is 9.37 Å². The monoisotopic (exact) mass is 364 g/mol. The third kappa shape index (κ3) is 3.66. The molecule has 1 heterocycles. The minimum Gasteiger partial charge on any atom is -0.298 e. The highest BCUT2D eigenvalue weighted by Crippen LogP contribution is 2.34. The SMILES string of the molecule is O=C(NNc1ccccc1C(F)(F)F)c1cncn1-c1ccc(F)cc1. The molecule has 0 saturated carbocycles. The van der Waals surface area contributed by atoms with Crippen molar-refractivity contribution in [2.24, 2.45) is 0 Å². The highest BCUT2D eigenvalue weighted by molar-refractivity contribution is 5.93. The van der Waals surface area contributed by atoms with Crippen LogP contribution in [0.25, 0.3) is 5.69 Å². The van der Waals surface area contributed by atoms with Crippen molar-refractivity contribution in [3.8, 4) is 5.69 Å². The van der Waals surface area contributed by atoms with E-state index in [2.05, 4.69) is 15.8 Å². The Morgan fingerprint density at radius 1 is 1.04 bits per heavy atom. The number of alkyl halides is 3. The van der Waals surface area contributed by atoms with Crippen LogP contribution in [0.2, 0.25) is 0 Å². The highest BCUT2D eigenvalue weighted by Gasteiger charge is 2.33. The second-order valence-corrected chi connectivity index (χ2v) is 5.25.